The Balaban J connectivity index is 1.84. The van der Waals surface area contributed by atoms with Gasteiger partial charge in [-0.3, -0.25) is 10.1 Å². The number of aromatic nitrogens is 2. The van der Waals surface area contributed by atoms with Gasteiger partial charge in [0.25, 0.3) is 5.69 Å². The smallest absolute Gasteiger partial charge is 0.270 e. The number of nitrogens with one attached hydrogen (secondary N) is 1. The van der Waals surface area contributed by atoms with Crippen LogP contribution in [-0.2, 0) is 21.8 Å². The molecule has 4 rings (SSSR count). The van der Waals surface area contributed by atoms with Crippen LogP contribution in [0.3, 0.4) is 0 Å². The van der Waals surface area contributed by atoms with Crippen LogP contribution in [0.5, 0.6) is 0 Å². The first-order valence-electron chi connectivity index (χ1n) is 10.1. The summed E-state index contributed by atoms with van der Waals surface area (Å²) in [4.78, 5) is 14.8. The van der Waals surface area contributed by atoms with Crippen molar-refractivity contribution in [3.63, 3.8) is 0 Å². The molecule has 0 spiro atoms. The molecule has 1 aliphatic heterocycles. The molecule has 1 N–H and O–H groups in total. The first kappa shape index (κ1) is 22.8. The lowest BCUT2D eigenvalue weighted by molar-refractivity contribution is -0.385. The van der Waals surface area contributed by atoms with E-state index in [1.54, 1.807) is 42.2 Å². The number of non-ortho nitro benzene ring substituents is 1. The van der Waals surface area contributed by atoms with Gasteiger partial charge in [-0.05, 0) is 12.1 Å². The highest BCUT2D eigenvalue weighted by molar-refractivity contribution is 7.89. The Labute approximate surface area is 189 Å². The van der Waals surface area contributed by atoms with Gasteiger partial charge in [-0.1, -0.05) is 18.2 Å². The van der Waals surface area contributed by atoms with Gasteiger partial charge in [0.05, 0.1) is 23.8 Å². The predicted molar refractivity (Wildman–Crippen MR) is 118 cm³/mol. The lowest BCUT2D eigenvalue weighted by Crippen LogP contribution is -2.40. The second-order valence-electron chi connectivity index (χ2n) is 7.45. The Hall–Kier alpha value is -3.35. The van der Waals surface area contributed by atoms with Gasteiger partial charge in [-0.15, -0.1) is 0 Å². The second-order valence-corrected chi connectivity index (χ2v) is 9.36. The highest BCUT2D eigenvalue weighted by Gasteiger charge is 2.32. The SMILES string of the molecule is Cn1ccnc1[C@@H](Nc1ccc([N+](=O)[O-])cc1S(=O)(=O)N1CCOCC1)c1ccccc1F. The molecule has 0 aliphatic carbocycles. The fourth-order valence-electron chi connectivity index (χ4n) is 3.68. The van der Waals surface area contributed by atoms with E-state index in [4.69, 9.17) is 4.74 Å². The van der Waals surface area contributed by atoms with Gasteiger partial charge in [-0.25, -0.2) is 17.8 Å². The molecule has 12 heteroatoms. The third-order valence-electron chi connectivity index (χ3n) is 5.40. The molecule has 174 valence electrons. The Morgan fingerprint density at radius 1 is 1.21 bits per heavy atom. The highest BCUT2D eigenvalue weighted by Crippen LogP contribution is 2.34. The molecule has 0 radical (unpaired) electrons. The standard InChI is InChI=1S/C21H22FN5O5S/c1-25-9-8-23-21(25)20(16-4-2-3-5-17(16)22)24-18-7-6-15(27(28)29)14-19(18)33(30,31)26-10-12-32-13-11-26/h2-9,14,20,24H,10-13H2,1H3/t20-/m0/s1. The number of halogens is 1. The molecule has 10 nitrogen and oxygen atoms in total. The molecule has 0 amide bonds. The number of imidazole rings is 1. The number of anilines is 1. The number of nitro groups is 1. The summed E-state index contributed by atoms with van der Waals surface area (Å²) in [5.41, 5.74) is -0.0185. The summed E-state index contributed by atoms with van der Waals surface area (Å²) in [5.74, 6) is -0.0642. The number of nitro benzene ring substituents is 1. The van der Waals surface area contributed by atoms with E-state index in [0.717, 1.165) is 6.07 Å². The van der Waals surface area contributed by atoms with Gasteiger partial charge in [0.2, 0.25) is 10.0 Å². The lowest BCUT2D eigenvalue weighted by atomic mass is 10.0. The number of rotatable bonds is 7. The van der Waals surface area contributed by atoms with Gasteiger partial charge in [0.15, 0.2) is 0 Å². The fraction of sp³-hybridized carbons (Fsp3) is 0.286. The van der Waals surface area contributed by atoms with Crippen molar-refractivity contribution < 1.29 is 22.5 Å². The number of ether oxygens (including phenoxy) is 1. The van der Waals surface area contributed by atoms with Gasteiger partial charge >= 0.3 is 0 Å². The average molecular weight is 476 g/mol. The van der Waals surface area contributed by atoms with E-state index >= 15 is 0 Å². The van der Waals surface area contributed by atoms with Gasteiger partial charge in [0, 0.05) is 50.2 Å². The minimum absolute atomic E-state index is 0.100. The van der Waals surface area contributed by atoms with Crippen LogP contribution in [0, 0.1) is 15.9 Å². The zero-order chi connectivity index (χ0) is 23.6. The second kappa shape index (κ2) is 9.25. The molecule has 2 heterocycles. The fourth-order valence-corrected chi connectivity index (χ4v) is 5.27. The summed E-state index contributed by atoms with van der Waals surface area (Å²) >= 11 is 0. The topological polar surface area (TPSA) is 120 Å². The number of hydrogen-bond acceptors (Lipinski definition) is 7. The van der Waals surface area contributed by atoms with Crippen molar-refractivity contribution in [1.29, 1.82) is 0 Å². The molecule has 1 fully saturated rings. The molecule has 0 saturated carbocycles. The number of aryl methyl sites for hydroxylation is 1. The van der Waals surface area contributed by atoms with Crippen molar-refractivity contribution >= 4 is 21.4 Å². The van der Waals surface area contributed by atoms with Crippen LogP contribution in [0.1, 0.15) is 17.4 Å². The largest absolute Gasteiger partial charge is 0.379 e. The number of hydrogen-bond donors (Lipinski definition) is 1. The first-order chi connectivity index (χ1) is 15.8. The molecular formula is C21H22FN5O5S. The maximum absolute atomic E-state index is 14.8. The van der Waals surface area contributed by atoms with Crippen LogP contribution in [0.4, 0.5) is 15.8 Å². The van der Waals surface area contributed by atoms with Gasteiger partial charge in [-0.2, -0.15) is 4.31 Å². The summed E-state index contributed by atoms with van der Waals surface area (Å²) in [7, 11) is -2.36. The molecule has 1 aliphatic rings. The molecule has 2 aromatic carbocycles. The molecule has 1 atom stereocenters. The van der Waals surface area contributed by atoms with Crippen LogP contribution < -0.4 is 5.32 Å². The van der Waals surface area contributed by atoms with Gasteiger partial charge in [0.1, 0.15) is 22.6 Å². The van der Waals surface area contributed by atoms with E-state index < -0.39 is 26.8 Å². The summed E-state index contributed by atoms with van der Waals surface area (Å²) in [5, 5.41) is 14.5. The Morgan fingerprint density at radius 2 is 1.94 bits per heavy atom. The van der Waals surface area contributed by atoms with Crippen molar-refractivity contribution in [3.8, 4) is 0 Å². The molecule has 0 unspecified atom stereocenters. The molecule has 1 aromatic heterocycles. The molecule has 33 heavy (non-hydrogen) atoms. The summed E-state index contributed by atoms with van der Waals surface area (Å²) in [6, 6.07) is 8.78. The number of nitrogens with zero attached hydrogens (tertiary/aromatic N) is 4. The number of benzene rings is 2. The monoisotopic (exact) mass is 475 g/mol. The minimum atomic E-state index is -4.10. The zero-order valence-electron chi connectivity index (χ0n) is 17.7. The van der Waals surface area contributed by atoms with E-state index in [2.05, 4.69) is 10.3 Å². The Kier molecular flexibility index (Phi) is 6.40. The summed E-state index contributed by atoms with van der Waals surface area (Å²) in [6.45, 7) is 0.700. The molecule has 0 bridgehead atoms. The van der Waals surface area contributed by atoms with E-state index in [0.29, 0.717) is 5.82 Å². The van der Waals surface area contributed by atoms with Crippen molar-refractivity contribution in [2.45, 2.75) is 10.9 Å². The molecule has 3 aromatic rings. The van der Waals surface area contributed by atoms with Crippen LogP contribution in [-0.4, -0.2) is 53.5 Å². The van der Waals surface area contributed by atoms with E-state index in [9.17, 15) is 22.9 Å². The first-order valence-corrected chi connectivity index (χ1v) is 11.6. The Bertz CT molecular complexity index is 1270. The third kappa shape index (κ3) is 4.58. The van der Waals surface area contributed by atoms with Crippen molar-refractivity contribution in [2.75, 3.05) is 31.6 Å². The highest BCUT2D eigenvalue weighted by atomic mass is 32.2. The van der Waals surface area contributed by atoms with Crippen molar-refractivity contribution in [2.24, 2.45) is 7.05 Å². The maximum atomic E-state index is 14.8. The average Bonchev–Trinajstić information content (AvgIpc) is 3.24. The van der Waals surface area contributed by atoms with E-state index in [-0.39, 0.29) is 48.1 Å². The molecular weight excluding hydrogens is 453 g/mol. The van der Waals surface area contributed by atoms with E-state index in [1.165, 1.54) is 22.5 Å². The predicted octanol–water partition coefficient (Wildman–Crippen LogP) is 2.69. The minimum Gasteiger partial charge on any atom is -0.379 e. The Morgan fingerprint density at radius 3 is 2.58 bits per heavy atom. The third-order valence-corrected chi connectivity index (χ3v) is 7.34. The van der Waals surface area contributed by atoms with Crippen LogP contribution in [0.15, 0.2) is 59.8 Å². The van der Waals surface area contributed by atoms with Crippen molar-refractivity contribution in [3.05, 3.63) is 82.2 Å². The summed E-state index contributed by atoms with van der Waals surface area (Å²) in [6.07, 6.45) is 3.23. The van der Waals surface area contributed by atoms with E-state index in [1.807, 2.05) is 0 Å². The van der Waals surface area contributed by atoms with Gasteiger partial charge < -0.3 is 14.6 Å². The summed E-state index contributed by atoms with van der Waals surface area (Å²) < 4.78 is 49.8. The number of morpholine rings is 1. The van der Waals surface area contributed by atoms with Crippen LogP contribution >= 0.6 is 0 Å². The normalized spacial score (nSPS) is 15.8. The lowest BCUT2D eigenvalue weighted by Gasteiger charge is -2.28. The maximum Gasteiger partial charge on any atom is 0.270 e. The quantitative estimate of drug-likeness (QED) is 0.412. The van der Waals surface area contributed by atoms with Crippen LogP contribution in [0.25, 0.3) is 0 Å². The van der Waals surface area contributed by atoms with Crippen molar-refractivity contribution in [1.82, 2.24) is 13.9 Å². The molecule has 1 saturated heterocycles. The zero-order valence-corrected chi connectivity index (χ0v) is 18.5. The number of sulfonamides is 1. The van der Waals surface area contributed by atoms with Crippen LogP contribution in [0.2, 0.25) is 0 Å².